The van der Waals surface area contributed by atoms with E-state index in [-0.39, 0.29) is 0 Å². The minimum absolute atomic E-state index is 0.720. The first-order valence-corrected chi connectivity index (χ1v) is 6.84. The lowest BCUT2D eigenvalue weighted by Gasteiger charge is -2.31. The molecule has 0 amide bonds. The van der Waals surface area contributed by atoms with E-state index in [0.717, 1.165) is 24.8 Å². The van der Waals surface area contributed by atoms with Gasteiger partial charge in [0.15, 0.2) is 0 Å². The topological polar surface area (TPSA) is 24.5 Å². The maximum atomic E-state index is 5.25. The zero-order valence-corrected chi connectivity index (χ0v) is 11.5. The van der Waals surface area contributed by atoms with Crippen LogP contribution in [0.5, 0.6) is 5.75 Å². The van der Waals surface area contributed by atoms with Crippen molar-refractivity contribution in [3.05, 3.63) is 29.8 Å². The molecule has 0 aliphatic carbocycles. The quantitative estimate of drug-likeness (QED) is 0.861. The number of nitrogens with zero attached hydrogens (tertiary/aromatic N) is 1. The molecule has 0 unspecified atom stereocenters. The molecule has 1 aromatic carbocycles. The van der Waals surface area contributed by atoms with Crippen LogP contribution in [0.15, 0.2) is 24.3 Å². The second-order valence-corrected chi connectivity index (χ2v) is 5.01. The van der Waals surface area contributed by atoms with E-state index in [1.54, 1.807) is 7.11 Å². The first-order chi connectivity index (χ1) is 8.81. The summed E-state index contributed by atoms with van der Waals surface area (Å²) in [6.07, 6.45) is 3.66. The van der Waals surface area contributed by atoms with Gasteiger partial charge in [-0.2, -0.15) is 0 Å². The number of ether oxygens (including phenoxy) is 1. The van der Waals surface area contributed by atoms with Crippen molar-refractivity contribution < 1.29 is 4.74 Å². The van der Waals surface area contributed by atoms with E-state index in [1.165, 1.54) is 31.5 Å². The molecule has 3 nitrogen and oxygen atoms in total. The van der Waals surface area contributed by atoms with Gasteiger partial charge in [0.25, 0.3) is 0 Å². The van der Waals surface area contributed by atoms with Gasteiger partial charge in [-0.3, -0.25) is 0 Å². The Bertz CT molecular complexity index is 359. The average molecular weight is 248 g/mol. The molecule has 0 atom stereocenters. The first kappa shape index (κ1) is 13.4. The fraction of sp³-hybridized carbons (Fsp3) is 0.600. The molecule has 0 radical (unpaired) electrons. The molecule has 0 saturated carbocycles. The standard InChI is InChI=1S/C15H24N2O/c1-16-14-7-10-17(11-8-14)9-6-13-4-3-5-15(12-13)18-2/h3-5,12,14,16H,6-11H2,1-2H3. The molecular formula is C15H24N2O. The highest BCUT2D eigenvalue weighted by molar-refractivity contribution is 5.28. The van der Waals surface area contributed by atoms with Crippen molar-refractivity contribution in [2.45, 2.75) is 25.3 Å². The number of rotatable bonds is 5. The maximum absolute atomic E-state index is 5.25. The third kappa shape index (κ3) is 3.72. The van der Waals surface area contributed by atoms with Crippen molar-refractivity contribution in [1.82, 2.24) is 10.2 Å². The second-order valence-electron chi connectivity index (χ2n) is 5.01. The van der Waals surface area contributed by atoms with Crippen molar-refractivity contribution >= 4 is 0 Å². The molecule has 1 N–H and O–H groups in total. The molecule has 3 heteroatoms. The summed E-state index contributed by atoms with van der Waals surface area (Å²) in [6, 6.07) is 9.12. The van der Waals surface area contributed by atoms with Crippen molar-refractivity contribution in [3.8, 4) is 5.75 Å². The van der Waals surface area contributed by atoms with Crippen LogP contribution in [0.1, 0.15) is 18.4 Å². The lowest BCUT2D eigenvalue weighted by atomic mass is 10.0. The van der Waals surface area contributed by atoms with Crippen LogP contribution in [0.25, 0.3) is 0 Å². The maximum Gasteiger partial charge on any atom is 0.119 e. The summed E-state index contributed by atoms with van der Waals surface area (Å²) < 4.78 is 5.25. The van der Waals surface area contributed by atoms with Crippen molar-refractivity contribution in [1.29, 1.82) is 0 Å². The summed E-state index contributed by atoms with van der Waals surface area (Å²) in [7, 11) is 3.79. The summed E-state index contributed by atoms with van der Waals surface area (Å²) >= 11 is 0. The Balaban J connectivity index is 1.77. The van der Waals surface area contributed by atoms with Gasteiger partial charge in [-0.25, -0.2) is 0 Å². The fourth-order valence-corrected chi connectivity index (χ4v) is 2.56. The molecule has 0 aromatic heterocycles. The summed E-state index contributed by atoms with van der Waals surface area (Å²) in [5, 5.41) is 3.37. The number of nitrogens with one attached hydrogen (secondary N) is 1. The molecule has 0 spiro atoms. The van der Waals surface area contributed by atoms with Crippen LogP contribution in [0.3, 0.4) is 0 Å². The van der Waals surface area contributed by atoms with Crippen LogP contribution in [-0.2, 0) is 6.42 Å². The van der Waals surface area contributed by atoms with E-state index in [4.69, 9.17) is 4.74 Å². The van der Waals surface area contributed by atoms with Crippen LogP contribution in [-0.4, -0.2) is 44.7 Å². The minimum atomic E-state index is 0.720. The Labute approximate surface area is 110 Å². The molecule has 1 heterocycles. The number of likely N-dealkylation sites (tertiary alicyclic amines) is 1. The van der Waals surface area contributed by atoms with Crippen molar-refractivity contribution in [2.75, 3.05) is 33.8 Å². The number of benzene rings is 1. The zero-order valence-electron chi connectivity index (χ0n) is 11.5. The molecule has 1 aliphatic heterocycles. The van der Waals surface area contributed by atoms with Crippen LogP contribution < -0.4 is 10.1 Å². The number of hydrogen-bond acceptors (Lipinski definition) is 3. The third-order valence-corrected chi connectivity index (χ3v) is 3.85. The van der Waals surface area contributed by atoms with Gasteiger partial charge in [-0.1, -0.05) is 12.1 Å². The highest BCUT2D eigenvalue weighted by Crippen LogP contribution is 2.15. The van der Waals surface area contributed by atoms with Crippen LogP contribution >= 0.6 is 0 Å². The fourth-order valence-electron chi connectivity index (χ4n) is 2.56. The normalized spacial score (nSPS) is 17.9. The molecule has 0 bridgehead atoms. The second kappa shape index (κ2) is 6.76. The predicted molar refractivity (Wildman–Crippen MR) is 75.2 cm³/mol. The number of piperidine rings is 1. The van der Waals surface area contributed by atoms with Gasteiger partial charge in [-0.05, 0) is 57.1 Å². The number of methoxy groups -OCH3 is 1. The van der Waals surface area contributed by atoms with Gasteiger partial charge >= 0.3 is 0 Å². The molecule has 2 rings (SSSR count). The summed E-state index contributed by atoms with van der Waals surface area (Å²) in [6.45, 7) is 3.59. The molecular weight excluding hydrogens is 224 g/mol. The smallest absolute Gasteiger partial charge is 0.119 e. The van der Waals surface area contributed by atoms with Crippen molar-refractivity contribution in [2.24, 2.45) is 0 Å². The Morgan fingerprint density at radius 2 is 2.11 bits per heavy atom. The molecule has 100 valence electrons. The van der Waals surface area contributed by atoms with Gasteiger partial charge < -0.3 is 15.0 Å². The highest BCUT2D eigenvalue weighted by atomic mass is 16.5. The largest absolute Gasteiger partial charge is 0.497 e. The molecule has 1 fully saturated rings. The van der Waals surface area contributed by atoms with E-state index in [2.05, 4.69) is 35.5 Å². The SMILES string of the molecule is CNC1CCN(CCc2cccc(OC)c2)CC1. The lowest BCUT2D eigenvalue weighted by Crippen LogP contribution is -2.41. The van der Waals surface area contributed by atoms with Gasteiger partial charge in [0.1, 0.15) is 5.75 Å². The molecule has 1 aromatic rings. The van der Waals surface area contributed by atoms with Crippen LogP contribution in [0, 0.1) is 0 Å². The van der Waals surface area contributed by atoms with Gasteiger partial charge in [0.2, 0.25) is 0 Å². The van der Waals surface area contributed by atoms with Gasteiger partial charge in [-0.15, -0.1) is 0 Å². The monoisotopic (exact) mass is 248 g/mol. The first-order valence-electron chi connectivity index (χ1n) is 6.84. The molecule has 18 heavy (non-hydrogen) atoms. The highest BCUT2D eigenvalue weighted by Gasteiger charge is 2.16. The third-order valence-electron chi connectivity index (χ3n) is 3.85. The minimum Gasteiger partial charge on any atom is -0.497 e. The van der Waals surface area contributed by atoms with E-state index < -0.39 is 0 Å². The van der Waals surface area contributed by atoms with Crippen molar-refractivity contribution in [3.63, 3.8) is 0 Å². The van der Waals surface area contributed by atoms with E-state index in [0.29, 0.717) is 0 Å². The summed E-state index contributed by atoms with van der Waals surface area (Å²) in [5.74, 6) is 0.960. The van der Waals surface area contributed by atoms with Crippen LogP contribution in [0.2, 0.25) is 0 Å². The zero-order chi connectivity index (χ0) is 12.8. The predicted octanol–water partition coefficient (Wildman–Crippen LogP) is 1.92. The summed E-state index contributed by atoms with van der Waals surface area (Å²) in [4.78, 5) is 2.56. The van der Waals surface area contributed by atoms with E-state index in [1.807, 2.05) is 6.07 Å². The Morgan fingerprint density at radius 3 is 2.78 bits per heavy atom. The molecule has 1 aliphatic rings. The lowest BCUT2D eigenvalue weighted by molar-refractivity contribution is 0.204. The average Bonchev–Trinajstić information content (AvgIpc) is 2.46. The van der Waals surface area contributed by atoms with E-state index in [9.17, 15) is 0 Å². The van der Waals surface area contributed by atoms with Gasteiger partial charge in [0, 0.05) is 12.6 Å². The van der Waals surface area contributed by atoms with Gasteiger partial charge in [0.05, 0.1) is 7.11 Å². The summed E-state index contributed by atoms with van der Waals surface area (Å²) in [5.41, 5.74) is 1.37. The van der Waals surface area contributed by atoms with E-state index >= 15 is 0 Å². The Kier molecular flexibility index (Phi) is 5.02. The number of hydrogen-bond donors (Lipinski definition) is 1. The van der Waals surface area contributed by atoms with Crippen LogP contribution in [0.4, 0.5) is 0 Å². The Morgan fingerprint density at radius 1 is 1.33 bits per heavy atom. The Hall–Kier alpha value is -1.06. The molecule has 1 saturated heterocycles.